The minimum absolute atomic E-state index is 0.0826. The van der Waals surface area contributed by atoms with Gasteiger partial charge in [0.25, 0.3) is 0 Å². The van der Waals surface area contributed by atoms with Crippen molar-refractivity contribution in [3.63, 3.8) is 0 Å². The van der Waals surface area contributed by atoms with Crippen molar-refractivity contribution in [2.45, 2.75) is 13.0 Å². The lowest BCUT2D eigenvalue weighted by Gasteiger charge is -2.26. The standard InChI is InChI=1S/C18H19ClFN3S/c19-16-11-15(5-6-17(16)20)22-18(24)21-8-10-23-9-7-13-3-1-2-4-14(13)12-23/h1-6,11H,7-10,12H2,(H2,21,22,24)/p+1. The molecule has 0 radical (unpaired) electrons. The Morgan fingerprint density at radius 2 is 2.00 bits per heavy atom. The van der Waals surface area contributed by atoms with Gasteiger partial charge in [-0.25, -0.2) is 4.39 Å². The van der Waals surface area contributed by atoms with Crippen LogP contribution in [0, 0.1) is 5.82 Å². The fourth-order valence-corrected chi connectivity index (χ4v) is 3.36. The molecule has 6 heteroatoms. The molecule has 1 atom stereocenters. The first-order valence-corrected chi connectivity index (χ1v) is 8.81. The van der Waals surface area contributed by atoms with Crippen molar-refractivity contribution < 1.29 is 9.29 Å². The van der Waals surface area contributed by atoms with Crippen molar-refractivity contribution in [1.29, 1.82) is 0 Å². The molecule has 0 aromatic heterocycles. The molecule has 0 amide bonds. The highest BCUT2D eigenvalue weighted by molar-refractivity contribution is 7.80. The Kier molecular flexibility index (Phi) is 5.66. The summed E-state index contributed by atoms with van der Waals surface area (Å²) in [5.74, 6) is -0.435. The zero-order valence-corrected chi connectivity index (χ0v) is 14.8. The average Bonchev–Trinajstić information content (AvgIpc) is 2.58. The molecule has 1 heterocycles. The van der Waals surface area contributed by atoms with E-state index in [0.717, 1.165) is 32.6 Å². The monoisotopic (exact) mass is 364 g/mol. The van der Waals surface area contributed by atoms with Crippen LogP contribution in [0.3, 0.4) is 0 Å². The van der Waals surface area contributed by atoms with Crippen LogP contribution in [-0.4, -0.2) is 24.7 Å². The summed E-state index contributed by atoms with van der Waals surface area (Å²) < 4.78 is 13.1. The van der Waals surface area contributed by atoms with E-state index in [4.69, 9.17) is 23.8 Å². The summed E-state index contributed by atoms with van der Waals surface area (Å²) in [5.41, 5.74) is 3.60. The summed E-state index contributed by atoms with van der Waals surface area (Å²) in [6, 6.07) is 13.1. The zero-order chi connectivity index (χ0) is 16.9. The van der Waals surface area contributed by atoms with Crippen LogP contribution in [0.4, 0.5) is 10.1 Å². The third kappa shape index (κ3) is 4.44. The molecule has 1 unspecified atom stereocenters. The molecule has 0 saturated heterocycles. The van der Waals surface area contributed by atoms with Gasteiger partial charge < -0.3 is 15.5 Å². The van der Waals surface area contributed by atoms with E-state index in [0.29, 0.717) is 10.8 Å². The maximum Gasteiger partial charge on any atom is 0.170 e. The van der Waals surface area contributed by atoms with Crippen LogP contribution in [0.25, 0.3) is 0 Å². The molecule has 0 aliphatic carbocycles. The molecule has 2 aromatic carbocycles. The molecule has 0 saturated carbocycles. The smallest absolute Gasteiger partial charge is 0.170 e. The van der Waals surface area contributed by atoms with Gasteiger partial charge in [0, 0.05) is 17.7 Å². The van der Waals surface area contributed by atoms with Gasteiger partial charge in [-0.1, -0.05) is 35.9 Å². The van der Waals surface area contributed by atoms with Gasteiger partial charge in [-0.3, -0.25) is 0 Å². The van der Waals surface area contributed by atoms with Gasteiger partial charge >= 0.3 is 0 Å². The van der Waals surface area contributed by atoms with Gasteiger partial charge in [0.15, 0.2) is 5.11 Å². The van der Waals surface area contributed by atoms with Crippen LogP contribution in [-0.2, 0) is 13.0 Å². The Hall–Kier alpha value is -1.69. The van der Waals surface area contributed by atoms with Gasteiger partial charge in [-0.15, -0.1) is 0 Å². The first-order valence-electron chi connectivity index (χ1n) is 8.02. The summed E-state index contributed by atoms with van der Waals surface area (Å²) in [7, 11) is 0. The van der Waals surface area contributed by atoms with Gasteiger partial charge in [0.1, 0.15) is 12.4 Å². The Labute approximate surface area is 151 Å². The fourth-order valence-electron chi connectivity index (χ4n) is 2.96. The Morgan fingerprint density at radius 3 is 2.79 bits per heavy atom. The third-order valence-electron chi connectivity index (χ3n) is 4.25. The van der Waals surface area contributed by atoms with Crippen LogP contribution in [0.1, 0.15) is 11.1 Å². The molecule has 126 valence electrons. The summed E-state index contributed by atoms with van der Waals surface area (Å²) in [6.45, 7) is 4.00. The SMILES string of the molecule is Fc1ccc(NC(=S)NCC[NH+]2CCc3ccccc3C2)cc1Cl. The van der Waals surface area contributed by atoms with Crippen LogP contribution in [0.5, 0.6) is 0 Å². The molecule has 0 bridgehead atoms. The van der Waals surface area contributed by atoms with Crippen LogP contribution >= 0.6 is 23.8 Å². The summed E-state index contributed by atoms with van der Waals surface area (Å²) >= 11 is 11.0. The number of fused-ring (bicyclic) bond motifs is 1. The number of quaternary nitrogens is 1. The second-order valence-corrected chi connectivity index (χ2v) is 6.77. The molecule has 0 spiro atoms. The molecular weight excluding hydrogens is 345 g/mol. The third-order valence-corrected chi connectivity index (χ3v) is 4.78. The molecule has 1 aliphatic heterocycles. The lowest BCUT2D eigenvalue weighted by molar-refractivity contribution is -0.914. The first kappa shape index (κ1) is 17.1. The van der Waals surface area contributed by atoms with Gasteiger partial charge in [0.2, 0.25) is 0 Å². The normalized spacial score (nSPS) is 16.3. The lowest BCUT2D eigenvalue weighted by Crippen LogP contribution is -3.12. The van der Waals surface area contributed by atoms with E-state index >= 15 is 0 Å². The second-order valence-electron chi connectivity index (χ2n) is 5.96. The fraction of sp³-hybridized carbons (Fsp3) is 0.278. The summed E-state index contributed by atoms with van der Waals surface area (Å²) in [6.07, 6.45) is 1.13. The predicted octanol–water partition coefficient (Wildman–Crippen LogP) is 2.41. The molecule has 3 rings (SSSR count). The topological polar surface area (TPSA) is 28.5 Å². The largest absolute Gasteiger partial charge is 0.357 e. The number of rotatable bonds is 4. The maximum atomic E-state index is 13.1. The number of thiocarbonyl (C=S) groups is 1. The van der Waals surface area contributed by atoms with E-state index in [1.165, 1.54) is 23.3 Å². The van der Waals surface area contributed by atoms with Crippen LogP contribution < -0.4 is 15.5 Å². The molecule has 1 aliphatic rings. The number of hydrogen-bond acceptors (Lipinski definition) is 1. The lowest BCUT2D eigenvalue weighted by atomic mass is 10.00. The van der Waals surface area contributed by atoms with Crippen molar-refractivity contribution in [2.24, 2.45) is 0 Å². The number of nitrogens with one attached hydrogen (secondary N) is 3. The van der Waals surface area contributed by atoms with Crippen molar-refractivity contribution in [2.75, 3.05) is 25.0 Å². The number of hydrogen-bond donors (Lipinski definition) is 3. The Balaban J connectivity index is 1.43. The van der Waals surface area contributed by atoms with Crippen LogP contribution in [0.15, 0.2) is 42.5 Å². The van der Waals surface area contributed by atoms with E-state index in [1.807, 2.05) is 0 Å². The minimum Gasteiger partial charge on any atom is -0.357 e. The first-order chi connectivity index (χ1) is 11.6. The highest BCUT2D eigenvalue weighted by Gasteiger charge is 2.18. The molecule has 3 N–H and O–H groups in total. The molecule has 3 nitrogen and oxygen atoms in total. The molecule has 24 heavy (non-hydrogen) atoms. The van der Waals surface area contributed by atoms with Crippen molar-refractivity contribution in [3.05, 3.63) is 64.4 Å². The number of anilines is 1. The van der Waals surface area contributed by atoms with Gasteiger partial charge in [-0.05, 0) is 36.0 Å². The van der Waals surface area contributed by atoms with Gasteiger partial charge in [0.05, 0.1) is 24.7 Å². The highest BCUT2D eigenvalue weighted by atomic mass is 35.5. The van der Waals surface area contributed by atoms with E-state index < -0.39 is 5.82 Å². The molecule has 2 aromatic rings. The van der Waals surface area contributed by atoms with Crippen LogP contribution in [0.2, 0.25) is 5.02 Å². The molecular formula is C18H20ClFN3S+. The minimum atomic E-state index is -0.435. The summed E-state index contributed by atoms with van der Waals surface area (Å²) in [4.78, 5) is 1.55. The number of benzene rings is 2. The van der Waals surface area contributed by atoms with E-state index in [9.17, 15) is 4.39 Å². The van der Waals surface area contributed by atoms with E-state index in [1.54, 1.807) is 11.0 Å². The highest BCUT2D eigenvalue weighted by Crippen LogP contribution is 2.19. The average molecular weight is 365 g/mol. The van der Waals surface area contributed by atoms with Crippen molar-refractivity contribution in [3.8, 4) is 0 Å². The predicted molar refractivity (Wildman–Crippen MR) is 100 cm³/mol. The Morgan fingerprint density at radius 1 is 1.21 bits per heavy atom. The quantitative estimate of drug-likeness (QED) is 0.728. The van der Waals surface area contributed by atoms with Gasteiger partial charge in [-0.2, -0.15) is 0 Å². The van der Waals surface area contributed by atoms with E-state index in [2.05, 4.69) is 34.9 Å². The van der Waals surface area contributed by atoms with Crippen molar-refractivity contribution >= 4 is 34.6 Å². The van der Waals surface area contributed by atoms with Crippen molar-refractivity contribution in [1.82, 2.24) is 5.32 Å². The zero-order valence-electron chi connectivity index (χ0n) is 13.2. The Bertz CT molecular complexity index is 738. The van der Waals surface area contributed by atoms with E-state index in [-0.39, 0.29) is 5.02 Å². The molecule has 0 fully saturated rings. The number of halogens is 2. The second kappa shape index (κ2) is 7.92. The summed E-state index contributed by atoms with van der Waals surface area (Å²) in [5, 5.41) is 6.83. The maximum absolute atomic E-state index is 13.1.